The molecule has 1 amide bonds. The van der Waals surface area contributed by atoms with E-state index in [0.717, 1.165) is 43.0 Å². The molecular weight excluding hydrogens is 504 g/mol. The first-order chi connectivity index (χ1) is 19.5. The van der Waals surface area contributed by atoms with Crippen LogP contribution in [0.4, 0.5) is 34.5 Å². The van der Waals surface area contributed by atoms with E-state index in [1.165, 1.54) is 11.8 Å². The van der Waals surface area contributed by atoms with Gasteiger partial charge in [-0.1, -0.05) is 18.7 Å². The fourth-order valence-electron chi connectivity index (χ4n) is 4.37. The lowest BCUT2D eigenvalue weighted by atomic mass is 10.1. The van der Waals surface area contributed by atoms with E-state index >= 15 is 0 Å². The van der Waals surface area contributed by atoms with Crippen LogP contribution in [-0.4, -0.2) is 66.1 Å². The highest BCUT2D eigenvalue weighted by atomic mass is 16.5. The number of aromatic nitrogens is 3. The Morgan fingerprint density at radius 2 is 1.68 bits per heavy atom. The quantitative estimate of drug-likeness (QED) is 0.257. The summed E-state index contributed by atoms with van der Waals surface area (Å²) in [7, 11) is 3.73. The number of rotatable bonds is 9. The molecule has 1 aliphatic rings. The number of ether oxygens (including phenoxy) is 1. The first-order valence-electron chi connectivity index (χ1n) is 13.0. The molecule has 3 heterocycles. The van der Waals surface area contributed by atoms with Crippen LogP contribution in [0.2, 0.25) is 0 Å². The molecule has 0 spiro atoms. The van der Waals surface area contributed by atoms with E-state index < -0.39 is 0 Å². The van der Waals surface area contributed by atoms with Crippen molar-refractivity contribution >= 4 is 40.4 Å². The molecule has 0 radical (unpaired) electrons. The molecule has 0 saturated carbocycles. The van der Waals surface area contributed by atoms with Crippen LogP contribution in [0.25, 0.3) is 11.1 Å². The summed E-state index contributed by atoms with van der Waals surface area (Å²) in [6.45, 7) is 7.68. The van der Waals surface area contributed by atoms with Gasteiger partial charge in [0.25, 0.3) is 0 Å². The van der Waals surface area contributed by atoms with Gasteiger partial charge in [0.15, 0.2) is 0 Å². The molecule has 10 heteroatoms. The molecule has 2 aromatic carbocycles. The molecule has 0 atom stereocenters. The van der Waals surface area contributed by atoms with Gasteiger partial charge >= 0.3 is 0 Å². The SMILES string of the molecule is C=CC(=O)Nc1ccccc1Nc1nc(Nc2ccc(N3CCN(C)CC3)cc2)ncc1-c1ccc(OC)nc1. The monoisotopic (exact) mass is 536 g/mol. The highest BCUT2D eigenvalue weighted by Gasteiger charge is 2.16. The highest BCUT2D eigenvalue weighted by molar-refractivity contribution is 6.01. The molecule has 0 bridgehead atoms. The Balaban J connectivity index is 1.43. The predicted octanol–water partition coefficient (Wildman–Crippen LogP) is 4.91. The number of carbonyl (C=O) groups is 1. The van der Waals surface area contributed by atoms with Crippen molar-refractivity contribution in [1.82, 2.24) is 19.9 Å². The lowest BCUT2D eigenvalue weighted by molar-refractivity contribution is -0.111. The number of likely N-dealkylation sites (N-methyl/N-ethyl adjacent to an activating group) is 1. The number of pyridine rings is 1. The van der Waals surface area contributed by atoms with Gasteiger partial charge in [-0.2, -0.15) is 4.98 Å². The smallest absolute Gasteiger partial charge is 0.247 e. The zero-order chi connectivity index (χ0) is 27.9. The molecule has 204 valence electrons. The highest BCUT2D eigenvalue weighted by Crippen LogP contribution is 2.33. The van der Waals surface area contributed by atoms with E-state index in [1.807, 2.05) is 36.4 Å². The minimum atomic E-state index is -0.307. The Morgan fingerprint density at radius 1 is 0.925 bits per heavy atom. The molecule has 0 unspecified atom stereocenters. The van der Waals surface area contributed by atoms with Crippen molar-refractivity contribution in [2.45, 2.75) is 0 Å². The van der Waals surface area contributed by atoms with Gasteiger partial charge in [-0.3, -0.25) is 4.79 Å². The fourth-order valence-corrected chi connectivity index (χ4v) is 4.37. The maximum atomic E-state index is 12.0. The summed E-state index contributed by atoms with van der Waals surface area (Å²) in [5.74, 6) is 1.17. The van der Waals surface area contributed by atoms with Crippen molar-refractivity contribution in [3.63, 3.8) is 0 Å². The Kier molecular flexibility index (Phi) is 8.17. The van der Waals surface area contributed by atoms with E-state index in [1.54, 1.807) is 31.6 Å². The van der Waals surface area contributed by atoms with Crippen LogP contribution in [0.1, 0.15) is 0 Å². The fraction of sp³-hybridized carbons (Fsp3) is 0.200. The second-order valence-electron chi connectivity index (χ2n) is 9.37. The van der Waals surface area contributed by atoms with E-state index in [9.17, 15) is 4.79 Å². The van der Waals surface area contributed by atoms with Gasteiger partial charge in [0.1, 0.15) is 5.82 Å². The standard InChI is InChI=1S/C30H32N8O2/c1-4-27(39)34-25-7-5-6-8-26(25)35-29-24(21-9-14-28(40-3)31-19-21)20-32-30(36-29)33-22-10-12-23(13-11-22)38-17-15-37(2)16-18-38/h4-14,19-20H,1,15-18H2,2-3H3,(H,34,39)(H2,32,33,35,36). The molecule has 40 heavy (non-hydrogen) atoms. The number of hydrogen-bond acceptors (Lipinski definition) is 9. The maximum Gasteiger partial charge on any atom is 0.247 e. The number of para-hydroxylation sites is 2. The number of piperazine rings is 1. The number of anilines is 6. The predicted molar refractivity (Wildman–Crippen MR) is 160 cm³/mol. The average molecular weight is 537 g/mol. The van der Waals surface area contributed by atoms with Crippen molar-refractivity contribution in [1.29, 1.82) is 0 Å². The number of amides is 1. The number of hydrogen-bond donors (Lipinski definition) is 3. The van der Waals surface area contributed by atoms with Crippen molar-refractivity contribution < 1.29 is 9.53 Å². The van der Waals surface area contributed by atoms with E-state index in [-0.39, 0.29) is 5.91 Å². The largest absolute Gasteiger partial charge is 0.481 e. The molecule has 5 rings (SSSR count). The lowest BCUT2D eigenvalue weighted by Crippen LogP contribution is -2.44. The van der Waals surface area contributed by atoms with Crippen molar-refractivity contribution in [3.8, 4) is 17.0 Å². The number of methoxy groups -OCH3 is 1. The van der Waals surface area contributed by atoms with Crippen molar-refractivity contribution in [2.75, 3.05) is 61.2 Å². The number of nitrogens with zero attached hydrogens (tertiary/aromatic N) is 5. The molecule has 1 aliphatic heterocycles. The number of carbonyl (C=O) groups excluding carboxylic acids is 1. The number of benzene rings is 2. The molecule has 1 saturated heterocycles. The summed E-state index contributed by atoms with van der Waals surface area (Å²) >= 11 is 0. The Labute approximate surface area is 233 Å². The van der Waals surface area contributed by atoms with Crippen LogP contribution < -0.4 is 25.6 Å². The normalized spacial score (nSPS) is 13.4. The van der Waals surface area contributed by atoms with Gasteiger partial charge in [0.05, 0.1) is 18.5 Å². The van der Waals surface area contributed by atoms with Gasteiger partial charge in [-0.05, 0) is 55.6 Å². The third-order valence-corrected chi connectivity index (χ3v) is 6.66. The second-order valence-corrected chi connectivity index (χ2v) is 9.37. The average Bonchev–Trinajstić information content (AvgIpc) is 2.99. The molecule has 3 N–H and O–H groups in total. The minimum absolute atomic E-state index is 0.307. The summed E-state index contributed by atoms with van der Waals surface area (Å²) in [6, 6.07) is 19.4. The third kappa shape index (κ3) is 6.36. The summed E-state index contributed by atoms with van der Waals surface area (Å²) in [5, 5.41) is 9.51. The van der Waals surface area contributed by atoms with Crippen LogP contribution in [0.5, 0.6) is 5.88 Å². The third-order valence-electron chi connectivity index (χ3n) is 6.66. The summed E-state index contributed by atoms with van der Waals surface area (Å²) in [5.41, 5.74) is 4.87. The summed E-state index contributed by atoms with van der Waals surface area (Å²) in [4.78, 5) is 30.5. The molecule has 0 aliphatic carbocycles. The Bertz CT molecular complexity index is 1470. The van der Waals surface area contributed by atoms with Gasteiger partial charge < -0.3 is 30.5 Å². The Morgan fingerprint density at radius 3 is 2.35 bits per heavy atom. The van der Waals surface area contributed by atoms with Gasteiger partial charge in [0.2, 0.25) is 17.7 Å². The summed E-state index contributed by atoms with van der Waals surface area (Å²) < 4.78 is 5.21. The topological polar surface area (TPSA) is 108 Å². The zero-order valence-corrected chi connectivity index (χ0v) is 22.6. The van der Waals surface area contributed by atoms with Crippen LogP contribution in [0.15, 0.2) is 85.7 Å². The van der Waals surface area contributed by atoms with Gasteiger partial charge in [-0.25, -0.2) is 9.97 Å². The second kappa shape index (κ2) is 12.3. The lowest BCUT2D eigenvalue weighted by Gasteiger charge is -2.34. The van der Waals surface area contributed by atoms with E-state index in [2.05, 4.69) is 61.5 Å². The van der Waals surface area contributed by atoms with Gasteiger partial charge in [0, 0.05) is 67.1 Å². The molecular formula is C30H32N8O2. The first kappa shape index (κ1) is 26.6. The van der Waals surface area contributed by atoms with Crippen LogP contribution in [-0.2, 0) is 4.79 Å². The van der Waals surface area contributed by atoms with E-state index in [4.69, 9.17) is 9.72 Å². The minimum Gasteiger partial charge on any atom is -0.481 e. The van der Waals surface area contributed by atoms with Crippen LogP contribution in [0, 0.1) is 0 Å². The van der Waals surface area contributed by atoms with Crippen LogP contribution >= 0.6 is 0 Å². The van der Waals surface area contributed by atoms with E-state index in [0.29, 0.717) is 29.0 Å². The number of nitrogens with one attached hydrogen (secondary N) is 3. The molecule has 10 nitrogen and oxygen atoms in total. The Hall–Kier alpha value is -4.96. The zero-order valence-electron chi connectivity index (χ0n) is 22.6. The molecule has 4 aromatic rings. The summed E-state index contributed by atoms with van der Waals surface area (Å²) in [6.07, 6.45) is 4.68. The molecule has 1 fully saturated rings. The van der Waals surface area contributed by atoms with Crippen LogP contribution in [0.3, 0.4) is 0 Å². The maximum absolute atomic E-state index is 12.0. The van der Waals surface area contributed by atoms with Crippen molar-refractivity contribution in [2.24, 2.45) is 0 Å². The molecule has 2 aromatic heterocycles. The van der Waals surface area contributed by atoms with Gasteiger partial charge in [-0.15, -0.1) is 0 Å². The van der Waals surface area contributed by atoms with Crippen molar-refractivity contribution in [3.05, 3.63) is 85.7 Å². The first-order valence-corrected chi connectivity index (χ1v) is 13.0.